The Morgan fingerprint density at radius 3 is 2.64 bits per heavy atom. The van der Waals surface area contributed by atoms with Gasteiger partial charge in [0, 0.05) is 14.2 Å². The van der Waals surface area contributed by atoms with E-state index in [-0.39, 0.29) is 5.92 Å². The maximum atomic E-state index is 12.2. The van der Waals surface area contributed by atoms with Crippen molar-refractivity contribution in [2.75, 3.05) is 26.1 Å². The summed E-state index contributed by atoms with van der Waals surface area (Å²) in [4.78, 5) is 24.6. The number of rotatable bonds is 10. The van der Waals surface area contributed by atoms with E-state index in [1.807, 2.05) is 13.8 Å². The number of aromatic nitrogens is 4. The van der Waals surface area contributed by atoms with Gasteiger partial charge in [0.05, 0.1) is 12.9 Å². The number of amides is 1. The van der Waals surface area contributed by atoms with E-state index in [1.54, 1.807) is 11.8 Å². The second-order valence-electron chi connectivity index (χ2n) is 7.90. The van der Waals surface area contributed by atoms with E-state index in [4.69, 9.17) is 13.7 Å². The highest BCUT2D eigenvalue weighted by atomic mass is 32.2. The molecule has 0 bridgehead atoms. The van der Waals surface area contributed by atoms with E-state index in [0.29, 0.717) is 23.4 Å². The highest BCUT2D eigenvalue weighted by Gasteiger charge is 2.45. The number of methoxy groups -OCH3 is 1. The van der Waals surface area contributed by atoms with E-state index < -0.39 is 53.5 Å². The number of fused-ring (bicyclic) bond motifs is 1. The van der Waals surface area contributed by atoms with Crippen LogP contribution in [0.2, 0.25) is 0 Å². The molecule has 1 fully saturated rings. The minimum Gasteiger partial charge on any atom is -0.387 e. The summed E-state index contributed by atoms with van der Waals surface area (Å²) in [6.07, 6.45) is -3.22. The molecule has 0 radical (unpaired) electrons. The molecule has 0 spiro atoms. The monoisotopic (exact) mass is 488 g/mol. The summed E-state index contributed by atoms with van der Waals surface area (Å²) in [5.41, 5.74) is 0.757. The van der Waals surface area contributed by atoms with Gasteiger partial charge >= 0.3 is 10.3 Å². The molecule has 2 aromatic heterocycles. The number of anilines is 1. The van der Waals surface area contributed by atoms with Crippen LogP contribution in [-0.2, 0) is 28.8 Å². The van der Waals surface area contributed by atoms with Gasteiger partial charge in [-0.15, -0.1) is 0 Å². The van der Waals surface area contributed by atoms with Crippen molar-refractivity contribution < 1.29 is 37.1 Å². The number of hydrogen-bond donors (Lipinski definition) is 4. The molecule has 4 N–H and O–H groups in total. The zero-order chi connectivity index (χ0) is 24.3. The molecule has 0 aromatic carbocycles. The summed E-state index contributed by atoms with van der Waals surface area (Å²) in [6, 6.07) is 0. The number of aliphatic hydroxyl groups excluding tert-OH is 2. The van der Waals surface area contributed by atoms with Gasteiger partial charge in [-0.1, -0.05) is 13.8 Å². The van der Waals surface area contributed by atoms with E-state index in [9.17, 15) is 23.4 Å². The fraction of sp³-hybridized carbons (Fsp3) is 0.667. The lowest BCUT2D eigenvalue weighted by atomic mass is 10.1. The zero-order valence-electron chi connectivity index (χ0n) is 18.6. The number of hydrogen-bond acceptors (Lipinski definition) is 12. The van der Waals surface area contributed by atoms with E-state index >= 15 is 0 Å². The molecule has 1 saturated heterocycles. The van der Waals surface area contributed by atoms with Gasteiger partial charge in [0.2, 0.25) is 0 Å². The van der Waals surface area contributed by atoms with Crippen molar-refractivity contribution in [3.63, 3.8) is 0 Å². The predicted octanol–water partition coefficient (Wildman–Crippen LogP) is -1.07. The number of ether oxygens (including phenoxy) is 2. The highest BCUT2D eigenvalue weighted by molar-refractivity contribution is 7.85. The van der Waals surface area contributed by atoms with Crippen LogP contribution < -0.4 is 10.0 Å². The van der Waals surface area contributed by atoms with E-state index in [1.165, 1.54) is 24.3 Å². The molecule has 0 saturated carbocycles. The molecular weight excluding hydrogens is 460 g/mol. The molecule has 33 heavy (non-hydrogen) atoms. The van der Waals surface area contributed by atoms with Crippen LogP contribution in [0.5, 0.6) is 0 Å². The Morgan fingerprint density at radius 2 is 2.00 bits per heavy atom. The van der Waals surface area contributed by atoms with Crippen LogP contribution in [0.25, 0.3) is 11.2 Å². The number of nitrogens with one attached hydrogen (secondary N) is 2. The Balaban J connectivity index is 1.67. The lowest BCUT2D eigenvalue weighted by Gasteiger charge is -2.18. The summed E-state index contributed by atoms with van der Waals surface area (Å²) >= 11 is 0. The van der Waals surface area contributed by atoms with Crippen molar-refractivity contribution in [3.05, 3.63) is 12.7 Å². The molecule has 0 aliphatic carbocycles. The van der Waals surface area contributed by atoms with Crippen molar-refractivity contribution in [1.82, 2.24) is 24.2 Å². The van der Waals surface area contributed by atoms with Crippen LogP contribution in [0.15, 0.2) is 12.7 Å². The number of carbonyl (C=O) groups excluding carboxylic acids is 1. The van der Waals surface area contributed by atoms with Crippen LogP contribution in [0, 0.1) is 5.92 Å². The SMILES string of the molecule is CNc1ncnc2c1ncn2[C@@H]1O[C@H](COS(=O)(=O)NC(=O)[C@H](CC(C)C)OC)[C@@H](O)[C@H]1O. The van der Waals surface area contributed by atoms with Crippen molar-refractivity contribution in [2.24, 2.45) is 5.92 Å². The minimum absolute atomic E-state index is 0.0958. The maximum absolute atomic E-state index is 12.2. The standard InChI is InChI=1S/C18H28N6O8S/c1-9(2)5-10(30-4)17(27)23-33(28,29)31-6-11-13(25)14(26)18(32-11)24-8-22-12-15(19-3)20-7-21-16(12)24/h7-11,13-14,18,25-26H,5-6H2,1-4H3,(H,23,27)(H,19,20,21)/t10-,11+,13+,14+,18+/m0/s1. The van der Waals surface area contributed by atoms with Crippen molar-refractivity contribution >= 4 is 33.2 Å². The Kier molecular flexibility index (Phi) is 7.81. The number of aliphatic hydroxyl groups is 2. The summed E-state index contributed by atoms with van der Waals surface area (Å²) in [7, 11) is -1.55. The number of imidazole rings is 1. The molecule has 0 unspecified atom stereocenters. The molecule has 15 heteroatoms. The second kappa shape index (κ2) is 10.2. The van der Waals surface area contributed by atoms with Gasteiger partial charge in [-0.3, -0.25) is 13.5 Å². The molecule has 184 valence electrons. The highest BCUT2D eigenvalue weighted by Crippen LogP contribution is 2.32. The van der Waals surface area contributed by atoms with Crippen LogP contribution >= 0.6 is 0 Å². The summed E-state index contributed by atoms with van der Waals surface area (Å²) in [5, 5.41) is 23.7. The quantitative estimate of drug-likeness (QED) is 0.317. The maximum Gasteiger partial charge on any atom is 0.362 e. The normalized spacial score (nSPS) is 24.3. The summed E-state index contributed by atoms with van der Waals surface area (Å²) in [5.74, 6) is -0.319. The first-order valence-electron chi connectivity index (χ1n) is 10.2. The fourth-order valence-corrected chi connectivity index (χ4v) is 4.18. The van der Waals surface area contributed by atoms with Crippen LogP contribution in [0.1, 0.15) is 26.5 Å². The molecule has 5 atom stereocenters. The lowest BCUT2D eigenvalue weighted by molar-refractivity contribution is -0.130. The molecule has 1 amide bonds. The van der Waals surface area contributed by atoms with Gasteiger partial charge in [0.1, 0.15) is 36.3 Å². The molecule has 3 heterocycles. The van der Waals surface area contributed by atoms with E-state index in [2.05, 4.69) is 20.3 Å². The third kappa shape index (κ3) is 5.56. The topological polar surface area (TPSA) is 187 Å². The zero-order valence-corrected chi connectivity index (χ0v) is 19.4. The summed E-state index contributed by atoms with van der Waals surface area (Å²) < 4.78 is 43.1. The van der Waals surface area contributed by atoms with Gasteiger partial charge < -0.3 is 25.0 Å². The largest absolute Gasteiger partial charge is 0.387 e. The third-order valence-corrected chi connectivity index (χ3v) is 5.98. The van der Waals surface area contributed by atoms with Crippen molar-refractivity contribution in [2.45, 2.75) is 50.9 Å². The lowest BCUT2D eigenvalue weighted by Crippen LogP contribution is -2.42. The Morgan fingerprint density at radius 1 is 1.27 bits per heavy atom. The molecule has 3 rings (SSSR count). The predicted molar refractivity (Wildman–Crippen MR) is 114 cm³/mol. The van der Waals surface area contributed by atoms with Gasteiger partial charge in [0.25, 0.3) is 5.91 Å². The van der Waals surface area contributed by atoms with Crippen molar-refractivity contribution in [1.29, 1.82) is 0 Å². The summed E-state index contributed by atoms with van der Waals surface area (Å²) in [6.45, 7) is 3.07. The van der Waals surface area contributed by atoms with Crippen LogP contribution in [0.3, 0.4) is 0 Å². The van der Waals surface area contributed by atoms with Gasteiger partial charge in [-0.2, -0.15) is 8.42 Å². The Labute approximate surface area is 190 Å². The van der Waals surface area contributed by atoms with Gasteiger partial charge in [-0.25, -0.2) is 19.7 Å². The first-order chi connectivity index (χ1) is 15.6. The van der Waals surface area contributed by atoms with E-state index in [0.717, 1.165) is 0 Å². The molecule has 14 nitrogen and oxygen atoms in total. The number of carbonyl (C=O) groups is 1. The van der Waals surface area contributed by atoms with Crippen molar-refractivity contribution in [3.8, 4) is 0 Å². The number of nitrogens with zero attached hydrogens (tertiary/aromatic N) is 4. The first-order valence-corrected chi connectivity index (χ1v) is 11.6. The van der Waals surface area contributed by atoms with Gasteiger partial charge in [-0.05, 0) is 12.3 Å². The fourth-order valence-electron chi connectivity index (χ4n) is 3.43. The molecule has 1 aliphatic rings. The van der Waals surface area contributed by atoms with Crippen LogP contribution in [0.4, 0.5) is 5.82 Å². The Bertz CT molecular complexity index is 1080. The van der Waals surface area contributed by atoms with Gasteiger partial charge in [0.15, 0.2) is 17.7 Å². The second-order valence-corrected chi connectivity index (χ2v) is 9.25. The molecule has 1 aliphatic heterocycles. The molecule has 2 aromatic rings. The minimum atomic E-state index is -4.52. The molecular formula is C18H28N6O8S. The average molecular weight is 489 g/mol. The average Bonchev–Trinajstić information content (AvgIpc) is 3.31. The third-order valence-electron chi connectivity index (χ3n) is 5.08. The Hall–Kier alpha value is -2.43. The first kappa shape index (κ1) is 25.2. The smallest absolute Gasteiger partial charge is 0.362 e. The van der Waals surface area contributed by atoms with Crippen LogP contribution in [-0.4, -0.2) is 89.2 Å².